The number of hydrogen-bond acceptors (Lipinski definition) is 2. The van der Waals surface area contributed by atoms with Crippen molar-refractivity contribution in [3.05, 3.63) is 35.4 Å². The molecule has 0 aliphatic heterocycles. The van der Waals surface area contributed by atoms with Gasteiger partial charge < -0.3 is 0 Å². The van der Waals surface area contributed by atoms with E-state index in [2.05, 4.69) is 4.72 Å². The number of fused-ring (bicyclic) bond motifs is 1. The summed E-state index contributed by atoms with van der Waals surface area (Å²) >= 11 is 0. The van der Waals surface area contributed by atoms with E-state index in [0.717, 1.165) is 0 Å². The molecule has 0 saturated heterocycles. The minimum Gasteiger partial charge on any atom is -0.294 e. The number of Topliss-reactive ketones (excluding diaryl/α,β-unsaturated/α-hetero) is 1. The molecule has 7 heteroatoms. The summed E-state index contributed by atoms with van der Waals surface area (Å²) in [6, 6.07) is 4.39. The van der Waals surface area contributed by atoms with Crippen molar-refractivity contribution < 1.29 is 22.2 Å². The monoisotopic (exact) mass is 333 g/mol. The van der Waals surface area contributed by atoms with E-state index in [1.54, 1.807) is 39.0 Å². The molecule has 1 N–H and O–H groups in total. The van der Waals surface area contributed by atoms with E-state index >= 15 is 0 Å². The third-order valence-electron chi connectivity index (χ3n) is 3.60. The molecule has 0 saturated carbocycles. The van der Waals surface area contributed by atoms with Crippen molar-refractivity contribution in [1.29, 1.82) is 0 Å². The van der Waals surface area contributed by atoms with Crippen LogP contribution in [0.2, 0.25) is 0 Å². The molecule has 0 spiro atoms. The summed E-state index contributed by atoms with van der Waals surface area (Å²) < 4.78 is 53.4. The van der Waals surface area contributed by atoms with Crippen LogP contribution in [0.1, 0.15) is 36.7 Å². The molecule has 0 amide bonds. The third kappa shape index (κ3) is 3.41. The van der Waals surface area contributed by atoms with Gasteiger partial charge in [-0.05, 0) is 32.8 Å². The number of carbonyl (C=O) groups is 1. The quantitative estimate of drug-likeness (QED) is 0.924. The molecule has 3 nitrogen and oxygen atoms in total. The Kier molecular flexibility index (Phi) is 4.50. The van der Waals surface area contributed by atoms with Gasteiger partial charge >= 0.3 is 6.18 Å². The Hall–Kier alpha value is -1.21. The van der Waals surface area contributed by atoms with E-state index < -0.39 is 39.7 Å². The standard InChI is InChI=1S/C15H18F3NO2S/c1-14(2,3)22(21)19-13(15(16,17)18)11-8-9-6-4-5-7-10(9)12(11)20/h4-7,11,13,19H,8H2,1-3H3/t11-,13+,22?/m1/s1. The van der Waals surface area contributed by atoms with Gasteiger partial charge in [-0.2, -0.15) is 13.2 Å². The Labute approximate surface area is 129 Å². The summed E-state index contributed by atoms with van der Waals surface area (Å²) in [5.74, 6) is -1.82. The summed E-state index contributed by atoms with van der Waals surface area (Å²) in [7, 11) is -1.91. The van der Waals surface area contributed by atoms with Crippen LogP contribution in [0.3, 0.4) is 0 Å². The fraction of sp³-hybridized carbons (Fsp3) is 0.533. The maximum atomic E-state index is 13.4. The highest BCUT2D eigenvalue weighted by molar-refractivity contribution is 7.84. The van der Waals surface area contributed by atoms with Crippen LogP contribution in [-0.4, -0.2) is 27.0 Å². The van der Waals surface area contributed by atoms with E-state index in [4.69, 9.17) is 0 Å². The van der Waals surface area contributed by atoms with Crippen LogP contribution in [0.5, 0.6) is 0 Å². The molecule has 3 atom stereocenters. The zero-order valence-electron chi connectivity index (χ0n) is 12.5. The molecule has 0 fully saturated rings. The van der Waals surface area contributed by atoms with Gasteiger partial charge in [0.1, 0.15) is 6.04 Å². The van der Waals surface area contributed by atoms with E-state index in [-0.39, 0.29) is 6.42 Å². The molecule has 1 unspecified atom stereocenters. The average Bonchev–Trinajstić information content (AvgIpc) is 2.71. The fourth-order valence-corrected chi connectivity index (χ4v) is 3.29. The van der Waals surface area contributed by atoms with Gasteiger partial charge in [0, 0.05) is 5.56 Å². The zero-order valence-corrected chi connectivity index (χ0v) is 13.3. The molecular formula is C15H18F3NO2S. The SMILES string of the molecule is CC(C)(C)S(=O)N[C@@H]([C@@H]1Cc2ccccc2C1=O)C(F)(F)F. The number of carbonyl (C=O) groups excluding carboxylic acids is 1. The number of ketones is 1. The normalized spacial score (nSPS) is 21.5. The summed E-state index contributed by atoms with van der Waals surface area (Å²) in [4.78, 5) is 12.3. The molecule has 1 aromatic carbocycles. The maximum Gasteiger partial charge on any atom is 0.405 e. The number of alkyl halides is 3. The van der Waals surface area contributed by atoms with Gasteiger partial charge in [-0.15, -0.1) is 0 Å². The van der Waals surface area contributed by atoms with Crippen LogP contribution < -0.4 is 4.72 Å². The number of halogens is 3. The minimum atomic E-state index is -4.65. The Morgan fingerprint density at radius 1 is 1.23 bits per heavy atom. The second-order valence-corrected chi connectivity index (χ2v) is 8.35. The number of rotatable bonds is 3. The molecule has 0 radical (unpaired) electrons. The lowest BCUT2D eigenvalue weighted by molar-refractivity contribution is -0.158. The molecule has 1 aliphatic carbocycles. The van der Waals surface area contributed by atoms with Crippen LogP contribution in [0, 0.1) is 5.92 Å². The molecule has 22 heavy (non-hydrogen) atoms. The van der Waals surface area contributed by atoms with Crippen molar-refractivity contribution in [3.63, 3.8) is 0 Å². The van der Waals surface area contributed by atoms with Gasteiger partial charge in [0.2, 0.25) is 0 Å². The van der Waals surface area contributed by atoms with Crippen molar-refractivity contribution in [2.24, 2.45) is 5.92 Å². The molecule has 122 valence electrons. The van der Waals surface area contributed by atoms with Gasteiger partial charge in [0.25, 0.3) is 0 Å². The predicted octanol–water partition coefficient (Wildman–Crippen LogP) is 3.02. The Balaban J connectivity index is 2.30. The zero-order chi connectivity index (χ0) is 16.7. The maximum absolute atomic E-state index is 13.4. The van der Waals surface area contributed by atoms with Crippen molar-refractivity contribution in [1.82, 2.24) is 4.72 Å². The minimum absolute atomic E-state index is 0.00747. The highest BCUT2D eigenvalue weighted by Crippen LogP contribution is 2.36. The first-order valence-corrected chi connectivity index (χ1v) is 8.03. The average molecular weight is 333 g/mol. The number of hydrogen-bond donors (Lipinski definition) is 1. The van der Waals surface area contributed by atoms with Crippen molar-refractivity contribution in [3.8, 4) is 0 Å². The van der Waals surface area contributed by atoms with Crippen molar-refractivity contribution >= 4 is 16.8 Å². The first-order chi connectivity index (χ1) is 10.0. The third-order valence-corrected chi connectivity index (χ3v) is 5.19. The van der Waals surface area contributed by atoms with Crippen LogP contribution in [0.4, 0.5) is 13.2 Å². The van der Waals surface area contributed by atoms with Gasteiger partial charge in [-0.25, -0.2) is 8.93 Å². The van der Waals surface area contributed by atoms with Crippen molar-refractivity contribution in [2.75, 3.05) is 0 Å². The van der Waals surface area contributed by atoms with Crippen LogP contribution in [-0.2, 0) is 17.4 Å². The van der Waals surface area contributed by atoms with Gasteiger partial charge in [0.15, 0.2) is 5.78 Å². The molecule has 0 bridgehead atoms. The van der Waals surface area contributed by atoms with Crippen LogP contribution in [0.25, 0.3) is 0 Å². The fourth-order valence-electron chi connectivity index (χ4n) is 2.41. The first-order valence-electron chi connectivity index (χ1n) is 6.88. The lowest BCUT2D eigenvalue weighted by atomic mass is 9.96. The Bertz CT molecular complexity index is 608. The topological polar surface area (TPSA) is 46.2 Å². The lowest BCUT2D eigenvalue weighted by Crippen LogP contribution is -2.53. The second kappa shape index (κ2) is 5.77. The number of benzene rings is 1. The van der Waals surface area contributed by atoms with Gasteiger partial charge in [-0.3, -0.25) is 4.79 Å². The summed E-state index contributed by atoms with van der Waals surface area (Å²) in [6.45, 7) is 4.73. The Morgan fingerprint density at radius 2 is 1.82 bits per heavy atom. The number of nitrogens with one attached hydrogen (secondary N) is 1. The molecule has 0 heterocycles. The molecule has 2 rings (SSSR count). The van der Waals surface area contributed by atoms with Gasteiger partial charge in [0.05, 0.1) is 21.7 Å². The molecule has 1 aromatic rings. The summed E-state index contributed by atoms with van der Waals surface area (Å²) in [5, 5.41) is 0. The molecular weight excluding hydrogens is 315 g/mol. The Morgan fingerprint density at radius 3 is 2.32 bits per heavy atom. The van der Waals surface area contributed by atoms with E-state index in [1.807, 2.05) is 0 Å². The molecule has 0 aromatic heterocycles. The summed E-state index contributed by atoms with van der Waals surface area (Å²) in [5.41, 5.74) is 0.931. The van der Waals surface area contributed by atoms with Gasteiger partial charge in [-0.1, -0.05) is 24.3 Å². The predicted molar refractivity (Wildman–Crippen MR) is 78.8 cm³/mol. The largest absolute Gasteiger partial charge is 0.405 e. The first kappa shape index (κ1) is 17.1. The van der Waals surface area contributed by atoms with E-state index in [9.17, 15) is 22.2 Å². The second-order valence-electron chi connectivity index (χ2n) is 6.35. The van der Waals surface area contributed by atoms with Crippen molar-refractivity contribution in [2.45, 2.75) is 44.2 Å². The summed E-state index contributed by atoms with van der Waals surface area (Å²) in [6.07, 6.45) is -4.64. The highest BCUT2D eigenvalue weighted by atomic mass is 32.2. The smallest absolute Gasteiger partial charge is 0.294 e. The van der Waals surface area contributed by atoms with E-state index in [1.165, 1.54) is 6.07 Å². The van der Waals surface area contributed by atoms with Crippen LogP contribution in [0.15, 0.2) is 24.3 Å². The van der Waals surface area contributed by atoms with Crippen LogP contribution >= 0.6 is 0 Å². The highest BCUT2D eigenvalue weighted by Gasteiger charge is 2.51. The van der Waals surface area contributed by atoms with E-state index in [0.29, 0.717) is 11.1 Å². The molecule has 1 aliphatic rings. The lowest BCUT2D eigenvalue weighted by Gasteiger charge is -2.29.